The molecule has 0 amide bonds. The topological polar surface area (TPSA) is 147 Å². The van der Waals surface area contributed by atoms with E-state index in [0.717, 1.165) is 0 Å². The molecule has 0 radical (unpaired) electrons. The molecule has 0 saturated heterocycles. The summed E-state index contributed by atoms with van der Waals surface area (Å²) in [7, 11) is -4.29. The van der Waals surface area contributed by atoms with Gasteiger partial charge in [0.2, 0.25) is 0 Å². The van der Waals surface area contributed by atoms with Crippen LogP contribution in [0.3, 0.4) is 0 Å². The van der Waals surface area contributed by atoms with Crippen molar-refractivity contribution < 1.29 is 33.4 Å². The first-order valence-corrected chi connectivity index (χ1v) is 6.10. The number of rotatable bonds is 8. The molecule has 0 aromatic carbocycles. The molecule has 1 unspecified atom stereocenters. The Balaban J connectivity index is 0. The van der Waals surface area contributed by atoms with Gasteiger partial charge in [-0.3, -0.25) is 4.55 Å². The van der Waals surface area contributed by atoms with Crippen molar-refractivity contribution in [1.82, 2.24) is 5.32 Å². The number of hydrogen-bond donors (Lipinski definition) is 6. The third-order valence-electron chi connectivity index (χ3n) is 2.02. The fourth-order valence-corrected chi connectivity index (χ4v) is 1.56. The molecule has 0 aromatic heterocycles. The quantitative estimate of drug-likeness (QED) is 0.194. The summed E-state index contributed by atoms with van der Waals surface area (Å²) in [5.41, 5.74) is -1.39. The zero-order valence-corrected chi connectivity index (χ0v) is 9.39. The van der Waals surface area contributed by atoms with Gasteiger partial charge in [0.05, 0.1) is 31.5 Å². The number of nitrogens with one attached hydrogen (secondary N) is 1. The molecule has 0 aliphatic heterocycles. The molecule has 1 atom stereocenters. The molecule has 0 aliphatic carbocycles. The van der Waals surface area contributed by atoms with Gasteiger partial charge in [-0.15, -0.1) is 0 Å². The van der Waals surface area contributed by atoms with Crippen LogP contribution in [-0.2, 0) is 10.1 Å². The predicted octanol–water partition coefficient (Wildman–Crippen LogP) is -4.11. The number of hydrogen-bond acceptors (Lipinski definition) is 7. The molecule has 10 heteroatoms. The Morgan fingerprint density at radius 1 is 1.12 bits per heavy atom. The van der Waals surface area contributed by atoms with Crippen LogP contribution in [0.25, 0.3) is 0 Å². The second-order valence-corrected chi connectivity index (χ2v) is 5.04. The summed E-state index contributed by atoms with van der Waals surface area (Å²) in [6.07, 6.45) is -1.40. The van der Waals surface area contributed by atoms with Crippen LogP contribution in [0, 0.1) is 0 Å². The van der Waals surface area contributed by atoms with E-state index in [-0.39, 0.29) is 36.1 Å². The third kappa shape index (κ3) is 8.43. The maximum absolute atomic E-state index is 10.4. The van der Waals surface area contributed by atoms with Crippen LogP contribution in [0.15, 0.2) is 0 Å². The van der Waals surface area contributed by atoms with E-state index in [0.29, 0.717) is 0 Å². The average Bonchev–Trinajstić information content (AvgIpc) is 2.18. The first-order chi connectivity index (χ1) is 7.28. The molecule has 8 nitrogen and oxygen atoms in total. The van der Waals surface area contributed by atoms with Gasteiger partial charge in [0.25, 0.3) is 10.1 Å². The molecule has 0 bridgehead atoms. The third-order valence-corrected chi connectivity index (χ3v) is 2.83. The second kappa shape index (κ2) is 8.75. The average molecular weight is 283 g/mol. The Morgan fingerprint density at radius 3 is 1.82 bits per heavy atom. The normalized spacial score (nSPS) is 14.2. The Hall–Kier alpha value is 0.710. The van der Waals surface area contributed by atoms with Gasteiger partial charge in [-0.25, -0.2) is 0 Å². The van der Waals surface area contributed by atoms with Crippen LogP contribution < -0.4 is 5.32 Å². The van der Waals surface area contributed by atoms with E-state index in [1.807, 2.05) is 0 Å². The summed E-state index contributed by atoms with van der Waals surface area (Å²) in [5.74, 6) is -0.863. The Bertz CT molecular complexity index is 284. The van der Waals surface area contributed by atoms with E-state index in [4.69, 9.17) is 19.9 Å². The fraction of sp³-hybridized carbons (Fsp3) is 1.00. The van der Waals surface area contributed by atoms with Crippen LogP contribution >= 0.6 is 0 Å². The minimum absolute atomic E-state index is 0. The monoisotopic (exact) mass is 283 g/mol. The summed E-state index contributed by atoms with van der Waals surface area (Å²) in [4.78, 5) is 0. The fourth-order valence-electron chi connectivity index (χ4n) is 0.954. The van der Waals surface area contributed by atoms with Crippen LogP contribution in [0.1, 0.15) is 0 Å². The summed E-state index contributed by atoms with van der Waals surface area (Å²) in [6.45, 7) is -2.06. The maximum atomic E-state index is 10.4. The van der Waals surface area contributed by atoms with Crippen molar-refractivity contribution in [2.24, 2.45) is 0 Å². The molecule has 0 rings (SSSR count). The standard InChI is InChI=1S/C7H17NO7S.Na.H/c9-3-7(4-10,5-11)8-1-6(12)2-16(13,14)15;;/h6,8-12H,1-5H2,(H,13,14,15);;. The zero-order valence-electron chi connectivity index (χ0n) is 8.57. The van der Waals surface area contributed by atoms with Crippen molar-refractivity contribution in [3.8, 4) is 0 Å². The SMILES string of the molecule is O=S(=O)(O)CC(O)CNC(CO)(CO)CO.[NaH]. The Kier molecular flexibility index (Phi) is 10.3. The van der Waals surface area contributed by atoms with Crippen molar-refractivity contribution >= 4 is 39.7 Å². The van der Waals surface area contributed by atoms with Crippen molar-refractivity contribution in [2.45, 2.75) is 11.6 Å². The van der Waals surface area contributed by atoms with E-state index in [1.54, 1.807) is 0 Å². The first kappa shape index (κ1) is 20.0. The van der Waals surface area contributed by atoms with Gasteiger partial charge in [-0.1, -0.05) is 0 Å². The van der Waals surface area contributed by atoms with Crippen LogP contribution in [0.2, 0.25) is 0 Å². The number of aliphatic hydroxyl groups excluding tert-OH is 4. The summed E-state index contributed by atoms with van der Waals surface area (Å²) < 4.78 is 29.2. The van der Waals surface area contributed by atoms with E-state index < -0.39 is 47.3 Å². The van der Waals surface area contributed by atoms with Crippen LogP contribution in [0.4, 0.5) is 0 Å². The molecule has 0 aromatic rings. The van der Waals surface area contributed by atoms with E-state index >= 15 is 0 Å². The van der Waals surface area contributed by atoms with Gasteiger partial charge < -0.3 is 25.7 Å². The van der Waals surface area contributed by atoms with Crippen molar-refractivity contribution in [1.29, 1.82) is 0 Å². The molecule has 100 valence electrons. The van der Waals surface area contributed by atoms with Crippen molar-refractivity contribution in [3.63, 3.8) is 0 Å². The van der Waals surface area contributed by atoms with Gasteiger partial charge in [0, 0.05) is 6.54 Å². The molecular weight excluding hydrogens is 265 g/mol. The molecule has 0 aliphatic rings. The Labute approximate surface area is 122 Å². The van der Waals surface area contributed by atoms with Gasteiger partial charge in [0.1, 0.15) is 5.75 Å². The summed E-state index contributed by atoms with van der Waals surface area (Å²) in [6, 6.07) is 0. The van der Waals surface area contributed by atoms with Gasteiger partial charge in [-0.2, -0.15) is 8.42 Å². The van der Waals surface area contributed by atoms with Crippen molar-refractivity contribution in [3.05, 3.63) is 0 Å². The molecule has 17 heavy (non-hydrogen) atoms. The summed E-state index contributed by atoms with van der Waals surface area (Å²) >= 11 is 0. The van der Waals surface area contributed by atoms with E-state index in [1.165, 1.54) is 0 Å². The van der Waals surface area contributed by atoms with Crippen LogP contribution in [0.5, 0.6) is 0 Å². The number of aliphatic hydroxyl groups is 4. The molecule has 0 spiro atoms. The summed E-state index contributed by atoms with van der Waals surface area (Å²) in [5, 5.41) is 38.3. The first-order valence-electron chi connectivity index (χ1n) is 4.49. The zero-order chi connectivity index (χ0) is 12.8. The predicted molar refractivity (Wildman–Crippen MR) is 61.6 cm³/mol. The Morgan fingerprint density at radius 2 is 1.53 bits per heavy atom. The van der Waals surface area contributed by atoms with Gasteiger partial charge >= 0.3 is 29.6 Å². The molecule has 0 saturated carbocycles. The van der Waals surface area contributed by atoms with E-state index in [9.17, 15) is 13.5 Å². The van der Waals surface area contributed by atoms with Gasteiger partial charge in [0.15, 0.2) is 0 Å². The van der Waals surface area contributed by atoms with Crippen molar-refractivity contribution in [2.75, 3.05) is 32.1 Å². The molecule has 0 heterocycles. The molecule has 6 N–H and O–H groups in total. The van der Waals surface area contributed by atoms with Crippen LogP contribution in [-0.4, -0.2) is 107 Å². The second-order valence-electron chi connectivity index (χ2n) is 3.54. The van der Waals surface area contributed by atoms with E-state index in [2.05, 4.69) is 5.32 Å². The molecular formula is C7H18NNaO7S. The molecule has 0 fully saturated rings. The number of β-amino-alcohol motifs (C(OH)–C–C–N with tert-alkyl or cyclic N) is 1. The van der Waals surface area contributed by atoms with Gasteiger partial charge in [-0.05, 0) is 0 Å². The minimum atomic E-state index is -4.29.